The van der Waals surface area contributed by atoms with Crippen LogP contribution < -0.4 is 36.7 Å². The van der Waals surface area contributed by atoms with Crippen LogP contribution in [-0.4, -0.2) is 40.1 Å². The molecule has 0 spiro atoms. The Hall–Kier alpha value is -3.11. The SMILES string of the molecule is CC(=O)Oc1cccc(CNc2nc(NC3CCCCC3N)nc3c2N(C(C)C)NN3C(C)C)c1. The molecule has 0 bridgehead atoms. The number of anilines is 4. The zero-order chi connectivity index (χ0) is 25.1. The van der Waals surface area contributed by atoms with Crippen molar-refractivity contribution in [1.29, 1.82) is 0 Å². The fourth-order valence-electron chi connectivity index (χ4n) is 4.54. The molecule has 35 heavy (non-hydrogen) atoms. The minimum atomic E-state index is -0.340. The van der Waals surface area contributed by atoms with Crippen molar-refractivity contribution in [3.05, 3.63) is 29.8 Å². The van der Waals surface area contributed by atoms with Gasteiger partial charge in [0, 0.05) is 37.6 Å². The molecule has 10 nitrogen and oxygen atoms in total. The van der Waals surface area contributed by atoms with Crippen molar-refractivity contribution < 1.29 is 9.53 Å². The second kappa shape index (κ2) is 10.7. The topological polar surface area (TPSA) is 121 Å². The zero-order valence-electron chi connectivity index (χ0n) is 21.3. The molecule has 4 rings (SSSR count). The molecule has 5 N–H and O–H groups in total. The molecule has 1 fully saturated rings. The van der Waals surface area contributed by atoms with Gasteiger partial charge in [0.25, 0.3) is 0 Å². The largest absolute Gasteiger partial charge is 0.427 e. The second-order valence-electron chi connectivity index (χ2n) is 9.89. The number of carbonyl (C=O) groups is 1. The minimum absolute atomic E-state index is 0.0903. The molecule has 10 heteroatoms. The summed E-state index contributed by atoms with van der Waals surface area (Å²) in [5.41, 5.74) is 11.8. The second-order valence-corrected chi connectivity index (χ2v) is 9.89. The van der Waals surface area contributed by atoms with E-state index in [0.717, 1.165) is 48.6 Å². The third-order valence-electron chi connectivity index (χ3n) is 6.34. The number of hydrogen-bond acceptors (Lipinski definition) is 10. The van der Waals surface area contributed by atoms with Gasteiger partial charge in [0.1, 0.15) is 11.4 Å². The third kappa shape index (κ3) is 5.76. The fraction of sp³-hybridized carbons (Fsp3) is 0.560. The Morgan fingerprint density at radius 1 is 1.17 bits per heavy atom. The summed E-state index contributed by atoms with van der Waals surface area (Å²) >= 11 is 0. The number of nitrogens with one attached hydrogen (secondary N) is 3. The number of aromatic nitrogens is 2. The highest BCUT2D eigenvalue weighted by Crippen LogP contribution is 2.40. The first-order chi connectivity index (χ1) is 16.7. The number of nitrogens with zero attached hydrogens (tertiary/aromatic N) is 4. The number of hydrogen-bond donors (Lipinski definition) is 4. The number of esters is 1. The van der Waals surface area contributed by atoms with E-state index in [1.54, 1.807) is 6.07 Å². The van der Waals surface area contributed by atoms with Crippen LogP contribution in [0.5, 0.6) is 5.75 Å². The van der Waals surface area contributed by atoms with Gasteiger partial charge in [-0.25, -0.2) is 0 Å². The Bertz CT molecular complexity index is 1040. The standard InChI is InChI=1S/C25H38N8O2/c1-15(2)32-22-23(27-14-18-9-8-10-19(13-18)35-17(5)34)29-25(28-21-12-7-6-11-20(21)26)30-24(22)33(31-32)16(3)4/h8-10,13,15-16,20-21,31H,6-7,11-12,14,26H2,1-5H3,(H2,27,28,29,30). The molecule has 190 valence electrons. The van der Waals surface area contributed by atoms with Crippen LogP contribution in [-0.2, 0) is 11.3 Å². The van der Waals surface area contributed by atoms with Crippen molar-refractivity contribution >= 4 is 29.2 Å². The Morgan fingerprint density at radius 3 is 2.60 bits per heavy atom. The number of ether oxygens (including phenoxy) is 1. The molecule has 2 atom stereocenters. The van der Waals surface area contributed by atoms with Crippen LogP contribution in [0.4, 0.5) is 23.3 Å². The molecule has 1 aliphatic carbocycles. The summed E-state index contributed by atoms with van der Waals surface area (Å²) in [6.07, 6.45) is 4.34. The Balaban J connectivity index is 1.66. The van der Waals surface area contributed by atoms with E-state index >= 15 is 0 Å². The lowest BCUT2D eigenvalue weighted by atomic mass is 9.91. The quantitative estimate of drug-likeness (QED) is 0.328. The minimum Gasteiger partial charge on any atom is -0.427 e. The molecule has 0 amide bonds. The van der Waals surface area contributed by atoms with Crippen LogP contribution in [0.1, 0.15) is 65.9 Å². The molecule has 1 aromatic heterocycles. The predicted molar refractivity (Wildman–Crippen MR) is 139 cm³/mol. The number of hydrazine groups is 2. The number of fused-ring (bicyclic) bond motifs is 1. The average molecular weight is 483 g/mol. The van der Waals surface area contributed by atoms with Crippen LogP contribution in [0.15, 0.2) is 24.3 Å². The summed E-state index contributed by atoms with van der Waals surface area (Å²) in [5, 5.41) is 11.2. The van der Waals surface area contributed by atoms with Crippen molar-refractivity contribution in [2.45, 2.75) is 91.0 Å². The molecular formula is C25H38N8O2. The summed E-state index contributed by atoms with van der Waals surface area (Å²) in [6, 6.07) is 8.10. The van der Waals surface area contributed by atoms with Crippen molar-refractivity contribution in [3.63, 3.8) is 0 Å². The first-order valence-electron chi connectivity index (χ1n) is 12.5. The van der Waals surface area contributed by atoms with Crippen LogP contribution in [0, 0.1) is 0 Å². The maximum Gasteiger partial charge on any atom is 0.308 e. The number of nitrogens with two attached hydrogens (primary N) is 1. The van der Waals surface area contributed by atoms with E-state index < -0.39 is 0 Å². The van der Waals surface area contributed by atoms with E-state index in [2.05, 4.69) is 53.9 Å². The van der Waals surface area contributed by atoms with Gasteiger partial charge in [-0.15, -0.1) is 5.53 Å². The molecule has 2 heterocycles. The van der Waals surface area contributed by atoms with E-state index in [0.29, 0.717) is 18.2 Å². The predicted octanol–water partition coefficient (Wildman–Crippen LogP) is 3.56. The maximum atomic E-state index is 11.4. The highest BCUT2D eigenvalue weighted by atomic mass is 16.5. The van der Waals surface area contributed by atoms with E-state index in [9.17, 15) is 4.79 Å². The van der Waals surface area contributed by atoms with Crippen LogP contribution in [0.3, 0.4) is 0 Å². The summed E-state index contributed by atoms with van der Waals surface area (Å²) in [4.78, 5) is 21.2. The number of benzene rings is 1. The Morgan fingerprint density at radius 2 is 1.91 bits per heavy atom. The molecule has 0 radical (unpaired) electrons. The molecule has 0 saturated heterocycles. The van der Waals surface area contributed by atoms with Gasteiger partial charge in [-0.3, -0.25) is 14.8 Å². The lowest BCUT2D eigenvalue weighted by molar-refractivity contribution is -0.131. The first kappa shape index (κ1) is 25.0. The van der Waals surface area contributed by atoms with Gasteiger partial charge in [0.2, 0.25) is 5.95 Å². The van der Waals surface area contributed by atoms with E-state index in [1.807, 2.05) is 18.2 Å². The molecule has 2 unspecified atom stereocenters. The molecule has 1 aromatic carbocycles. The maximum absolute atomic E-state index is 11.4. The average Bonchev–Trinajstić information content (AvgIpc) is 3.19. The summed E-state index contributed by atoms with van der Waals surface area (Å²) in [7, 11) is 0. The van der Waals surface area contributed by atoms with E-state index in [1.165, 1.54) is 6.92 Å². The van der Waals surface area contributed by atoms with Crippen LogP contribution >= 0.6 is 0 Å². The zero-order valence-corrected chi connectivity index (χ0v) is 21.3. The van der Waals surface area contributed by atoms with Crippen molar-refractivity contribution in [2.75, 3.05) is 20.7 Å². The lowest BCUT2D eigenvalue weighted by Crippen LogP contribution is -2.50. The lowest BCUT2D eigenvalue weighted by Gasteiger charge is -2.29. The van der Waals surface area contributed by atoms with Crippen molar-refractivity contribution in [3.8, 4) is 5.75 Å². The van der Waals surface area contributed by atoms with Gasteiger partial charge in [-0.1, -0.05) is 25.0 Å². The van der Waals surface area contributed by atoms with Gasteiger partial charge >= 0.3 is 5.97 Å². The molecule has 2 aliphatic rings. The smallest absolute Gasteiger partial charge is 0.308 e. The van der Waals surface area contributed by atoms with Crippen LogP contribution in [0.25, 0.3) is 0 Å². The summed E-state index contributed by atoms with van der Waals surface area (Å²) in [6.45, 7) is 10.4. The monoisotopic (exact) mass is 482 g/mol. The van der Waals surface area contributed by atoms with Gasteiger partial charge in [0.15, 0.2) is 11.6 Å². The van der Waals surface area contributed by atoms with Crippen LogP contribution in [0.2, 0.25) is 0 Å². The van der Waals surface area contributed by atoms with Gasteiger partial charge in [0.05, 0.1) is 0 Å². The Labute approximate surface area is 207 Å². The normalized spacial score (nSPS) is 19.8. The van der Waals surface area contributed by atoms with Gasteiger partial charge in [-0.2, -0.15) is 9.97 Å². The summed E-state index contributed by atoms with van der Waals surface area (Å²) < 4.78 is 5.24. The Kier molecular flexibility index (Phi) is 7.61. The third-order valence-corrected chi connectivity index (χ3v) is 6.34. The fourth-order valence-corrected chi connectivity index (χ4v) is 4.54. The molecular weight excluding hydrogens is 444 g/mol. The van der Waals surface area contributed by atoms with E-state index in [4.69, 9.17) is 20.4 Å². The summed E-state index contributed by atoms with van der Waals surface area (Å²) in [5.74, 6) is 2.30. The van der Waals surface area contributed by atoms with Crippen molar-refractivity contribution in [2.24, 2.45) is 5.73 Å². The molecule has 1 aliphatic heterocycles. The molecule has 2 aromatic rings. The number of carbonyl (C=O) groups excluding carboxylic acids is 1. The number of rotatable bonds is 8. The highest BCUT2D eigenvalue weighted by Gasteiger charge is 2.35. The highest BCUT2D eigenvalue weighted by molar-refractivity contribution is 5.83. The van der Waals surface area contributed by atoms with E-state index in [-0.39, 0.29) is 30.1 Å². The first-order valence-corrected chi connectivity index (χ1v) is 12.5. The molecule has 1 saturated carbocycles. The van der Waals surface area contributed by atoms with Gasteiger partial charge in [-0.05, 0) is 58.2 Å². The van der Waals surface area contributed by atoms with Crippen molar-refractivity contribution in [1.82, 2.24) is 15.5 Å². The van der Waals surface area contributed by atoms with Gasteiger partial charge < -0.3 is 21.1 Å².